The molecular weight excluding hydrogens is 249 g/mol. The third-order valence-electron chi connectivity index (χ3n) is 2.50. The van der Waals surface area contributed by atoms with Gasteiger partial charge in [0.2, 0.25) is 5.91 Å². The van der Waals surface area contributed by atoms with E-state index in [1.807, 2.05) is 0 Å². The van der Waals surface area contributed by atoms with E-state index in [-0.39, 0.29) is 11.7 Å². The van der Waals surface area contributed by atoms with Crippen LogP contribution in [0.3, 0.4) is 0 Å². The molecule has 1 aromatic heterocycles. The van der Waals surface area contributed by atoms with Crippen molar-refractivity contribution in [2.45, 2.75) is 19.9 Å². The molecule has 0 unspecified atom stereocenters. The SMILES string of the molecule is Cc1cc(NC(=O)[C@H](C)Nc2ccc(F)cc2)no1. The van der Waals surface area contributed by atoms with Crippen molar-refractivity contribution in [2.75, 3.05) is 10.6 Å². The normalized spacial score (nSPS) is 11.9. The molecular formula is C13H14FN3O2. The quantitative estimate of drug-likeness (QED) is 0.889. The molecule has 2 N–H and O–H groups in total. The maximum absolute atomic E-state index is 12.7. The van der Waals surface area contributed by atoms with Crippen LogP contribution in [0.5, 0.6) is 0 Å². The number of aromatic nitrogens is 1. The molecule has 0 spiro atoms. The van der Waals surface area contributed by atoms with Crippen LogP contribution in [0.2, 0.25) is 0 Å². The number of amides is 1. The maximum Gasteiger partial charge on any atom is 0.247 e. The molecule has 5 nitrogen and oxygen atoms in total. The van der Waals surface area contributed by atoms with Crippen LogP contribution in [0.25, 0.3) is 0 Å². The Bertz CT molecular complexity index is 566. The molecule has 1 atom stereocenters. The second-order valence-corrected chi connectivity index (χ2v) is 4.18. The second-order valence-electron chi connectivity index (χ2n) is 4.18. The summed E-state index contributed by atoms with van der Waals surface area (Å²) in [6.45, 7) is 3.44. The van der Waals surface area contributed by atoms with Gasteiger partial charge in [-0.05, 0) is 38.1 Å². The van der Waals surface area contributed by atoms with Gasteiger partial charge in [-0.25, -0.2) is 4.39 Å². The zero-order chi connectivity index (χ0) is 13.8. The topological polar surface area (TPSA) is 67.2 Å². The Morgan fingerprint density at radius 2 is 2.05 bits per heavy atom. The summed E-state index contributed by atoms with van der Waals surface area (Å²) < 4.78 is 17.6. The summed E-state index contributed by atoms with van der Waals surface area (Å²) in [7, 11) is 0. The zero-order valence-electron chi connectivity index (χ0n) is 10.6. The molecule has 2 aromatic rings. The Morgan fingerprint density at radius 1 is 1.37 bits per heavy atom. The van der Waals surface area contributed by atoms with Gasteiger partial charge in [0.15, 0.2) is 5.82 Å². The van der Waals surface area contributed by atoms with Crippen molar-refractivity contribution in [3.63, 3.8) is 0 Å². The van der Waals surface area contributed by atoms with Gasteiger partial charge < -0.3 is 15.2 Å². The molecule has 19 heavy (non-hydrogen) atoms. The molecule has 6 heteroatoms. The Kier molecular flexibility index (Phi) is 3.79. The van der Waals surface area contributed by atoms with Gasteiger partial charge >= 0.3 is 0 Å². The van der Waals surface area contributed by atoms with Crippen molar-refractivity contribution in [3.05, 3.63) is 41.9 Å². The molecule has 1 aromatic carbocycles. The van der Waals surface area contributed by atoms with Crippen LogP contribution < -0.4 is 10.6 Å². The number of nitrogens with one attached hydrogen (secondary N) is 2. The number of hydrogen-bond acceptors (Lipinski definition) is 4. The first-order valence-electron chi connectivity index (χ1n) is 5.81. The fourth-order valence-corrected chi connectivity index (χ4v) is 1.52. The standard InChI is InChI=1S/C13H14FN3O2/c1-8-7-12(17-19-8)16-13(18)9(2)15-11-5-3-10(14)4-6-11/h3-7,9,15H,1-2H3,(H,16,17,18)/t9-/m0/s1. The number of aryl methyl sites for hydroxylation is 1. The number of carbonyl (C=O) groups is 1. The predicted octanol–water partition coefficient (Wildman–Crippen LogP) is 2.56. The molecule has 0 bridgehead atoms. The van der Waals surface area contributed by atoms with Crippen molar-refractivity contribution in [1.82, 2.24) is 5.16 Å². The minimum atomic E-state index is -0.484. The molecule has 0 saturated heterocycles. The molecule has 100 valence electrons. The Balaban J connectivity index is 1.94. The van der Waals surface area contributed by atoms with Gasteiger partial charge in [0, 0.05) is 11.8 Å². The summed E-state index contributed by atoms with van der Waals surface area (Å²) in [5, 5.41) is 9.25. The number of benzene rings is 1. The fourth-order valence-electron chi connectivity index (χ4n) is 1.52. The third kappa shape index (κ3) is 3.54. The molecule has 0 radical (unpaired) electrons. The van der Waals surface area contributed by atoms with E-state index in [2.05, 4.69) is 15.8 Å². The van der Waals surface area contributed by atoms with Crippen molar-refractivity contribution in [1.29, 1.82) is 0 Å². The lowest BCUT2D eigenvalue weighted by atomic mass is 10.2. The van der Waals surface area contributed by atoms with E-state index < -0.39 is 6.04 Å². The summed E-state index contributed by atoms with van der Waals surface area (Å²) >= 11 is 0. The van der Waals surface area contributed by atoms with Gasteiger partial charge in [0.1, 0.15) is 17.6 Å². The van der Waals surface area contributed by atoms with Crippen LogP contribution in [-0.4, -0.2) is 17.1 Å². The monoisotopic (exact) mass is 263 g/mol. The van der Waals surface area contributed by atoms with E-state index in [1.54, 1.807) is 32.0 Å². The van der Waals surface area contributed by atoms with Gasteiger partial charge in [-0.1, -0.05) is 5.16 Å². The number of hydrogen-bond donors (Lipinski definition) is 2. The van der Waals surface area contributed by atoms with E-state index in [9.17, 15) is 9.18 Å². The van der Waals surface area contributed by atoms with Gasteiger partial charge in [-0.15, -0.1) is 0 Å². The largest absolute Gasteiger partial charge is 0.374 e. The number of carbonyl (C=O) groups excluding carboxylic acids is 1. The summed E-state index contributed by atoms with van der Waals surface area (Å²) in [6, 6.07) is 6.94. The van der Waals surface area contributed by atoms with Crippen LogP contribution in [0, 0.1) is 12.7 Å². The van der Waals surface area contributed by atoms with Crippen LogP contribution in [0.4, 0.5) is 15.9 Å². The highest BCUT2D eigenvalue weighted by Gasteiger charge is 2.14. The number of nitrogens with zero attached hydrogens (tertiary/aromatic N) is 1. The van der Waals surface area contributed by atoms with E-state index in [0.29, 0.717) is 17.3 Å². The highest BCUT2D eigenvalue weighted by Crippen LogP contribution is 2.11. The van der Waals surface area contributed by atoms with Crippen LogP contribution in [0.1, 0.15) is 12.7 Å². The molecule has 2 rings (SSSR count). The van der Waals surface area contributed by atoms with E-state index in [0.717, 1.165) is 0 Å². The Hall–Kier alpha value is -2.37. The number of anilines is 2. The molecule has 1 heterocycles. The van der Waals surface area contributed by atoms with Gasteiger partial charge in [0.05, 0.1) is 0 Å². The summed E-state index contributed by atoms with van der Waals surface area (Å²) in [6.07, 6.45) is 0. The van der Waals surface area contributed by atoms with Crippen molar-refractivity contribution < 1.29 is 13.7 Å². The minimum Gasteiger partial charge on any atom is -0.374 e. The first-order valence-corrected chi connectivity index (χ1v) is 5.81. The van der Waals surface area contributed by atoms with Crippen molar-refractivity contribution in [3.8, 4) is 0 Å². The molecule has 0 fully saturated rings. The summed E-state index contributed by atoms with van der Waals surface area (Å²) in [5.74, 6) is 0.419. The Labute approximate surface area is 109 Å². The zero-order valence-corrected chi connectivity index (χ0v) is 10.6. The summed E-state index contributed by atoms with van der Waals surface area (Å²) in [5.41, 5.74) is 0.667. The second kappa shape index (κ2) is 5.51. The first kappa shape index (κ1) is 13.1. The highest BCUT2D eigenvalue weighted by molar-refractivity contribution is 5.95. The van der Waals surface area contributed by atoms with E-state index in [1.165, 1.54) is 12.1 Å². The van der Waals surface area contributed by atoms with Crippen molar-refractivity contribution >= 4 is 17.4 Å². The average Bonchev–Trinajstić information content (AvgIpc) is 2.77. The minimum absolute atomic E-state index is 0.252. The fraction of sp³-hybridized carbons (Fsp3) is 0.231. The Morgan fingerprint density at radius 3 is 2.63 bits per heavy atom. The molecule has 0 aliphatic carbocycles. The van der Waals surface area contributed by atoms with Crippen LogP contribution >= 0.6 is 0 Å². The lowest BCUT2D eigenvalue weighted by Gasteiger charge is -2.13. The molecule has 0 aliphatic heterocycles. The van der Waals surface area contributed by atoms with Gasteiger partial charge in [0.25, 0.3) is 0 Å². The smallest absolute Gasteiger partial charge is 0.247 e. The molecule has 0 aliphatic rings. The lowest BCUT2D eigenvalue weighted by molar-refractivity contribution is -0.116. The van der Waals surface area contributed by atoms with Crippen LogP contribution in [0.15, 0.2) is 34.9 Å². The van der Waals surface area contributed by atoms with E-state index >= 15 is 0 Å². The van der Waals surface area contributed by atoms with Gasteiger partial charge in [-0.3, -0.25) is 4.79 Å². The maximum atomic E-state index is 12.7. The molecule has 0 saturated carbocycles. The third-order valence-corrected chi connectivity index (χ3v) is 2.50. The van der Waals surface area contributed by atoms with Crippen molar-refractivity contribution in [2.24, 2.45) is 0 Å². The van der Waals surface area contributed by atoms with Crippen LogP contribution in [-0.2, 0) is 4.79 Å². The lowest BCUT2D eigenvalue weighted by Crippen LogP contribution is -2.31. The number of rotatable bonds is 4. The average molecular weight is 263 g/mol. The van der Waals surface area contributed by atoms with Gasteiger partial charge in [-0.2, -0.15) is 0 Å². The molecule has 1 amide bonds. The first-order chi connectivity index (χ1) is 9.04. The number of halogens is 1. The van der Waals surface area contributed by atoms with E-state index in [4.69, 9.17) is 4.52 Å². The summed E-state index contributed by atoms with van der Waals surface area (Å²) in [4.78, 5) is 11.9. The highest BCUT2D eigenvalue weighted by atomic mass is 19.1. The predicted molar refractivity (Wildman–Crippen MR) is 69.4 cm³/mol.